The van der Waals surface area contributed by atoms with Gasteiger partial charge in [-0.25, -0.2) is 4.39 Å². The second kappa shape index (κ2) is 9.05. The molecule has 2 aromatic carbocycles. The van der Waals surface area contributed by atoms with Crippen LogP contribution >= 0.6 is 11.8 Å². The van der Waals surface area contributed by atoms with Crippen LogP contribution < -0.4 is 9.64 Å². The van der Waals surface area contributed by atoms with Gasteiger partial charge in [0.15, 0.2) is 0 Å². The van der Waals surface area contributed by atoms with E-state index in [0.717, 1.165) is 37.7 Å². The van der Waals surface area contributed by atoms with Crippen LogP contribution in [-0.2, 0) is 4.79 Å². The maximum atomic E-state index is 14.2. The molecular formula is C22H26FN3O2S. The molecule has 0 unspecified atom stereocenters. The molecule has 154 valence electrons. The lowest BCUT2D eigenvalue weighted by atomic mass is 10.2. The molecule has 0 aromatic heterocycles. The van der Waals surface area contributed by atoms with Crippen molar-refractivity contribution in [3.05, 3.63) is 59.9 Å². The molecule has 0 aliphatic carbocycles. The first-order chi connectivity index (χ1) is 14.2. The monoisotopic (exact) mass is 415 g/mol. The van der Waals surface area contributed by atoms with Crippen LogP contribution in [0.15, 0.2) is 48.5 Å². The van der Waals surface area contributed by atoms with Crippen molar-refractivity contribution in [2.45, 2.75) is 5.37 Å². The van der Waals surface area contributed by atoms with E-state index < -0.39 is 0 Å². The van der Waals surface area contributed by atoms with E-state index in [1.807, 2.05) is 23.1 Å². The number of benzene rings is 2. The Labute approximate surface area is 175 Å². The molecule has 2 aromatic rings. The van der Waals surface area contributed by atoms with Crippen LogP contribution in [0.3, 0.4) is 0 Å². The third-order valence-corrected chi connectivity index (χ3v) is 6.79. The molecule has 1 amide bonds. The fourth-order valence-corrected chi connectivity index (χ4v) is 5.20. The maximum absolute atomic E-state index is 14.2. The first-order valence-electron chi connectivity index (χ1n) is 9.92. The SMILES string of the molecule is COc1ccc(N2CCN(CC(=O)N3CCS[C@H]3c3ccccc3F)CC2)cc1. The molecule has 1 atom stereocenters. The van der Waals surface area contributed by atoms with Gasteiger partial charge in [0.2, 0.25) is 5.91 Å². The molecule has 4 rings (SSSR count). The van der Waals surface area contributed by atoms with E-state index in [0.29, 0.717) is 18.7 Å². The molecule has 5 nitrogen and oxygen atoms in total. The van der Waals surface area contributed by atoms with Gasteiger partial charge in [-0.15, -0.1) is 11.8 Å². The number of thioether (sulfide) groups is 1. The van der Waals surface area contributed by atoms with Gasteiger partial charge in [0.05, 0.1) is 13.7 Å². The molecule has 0 bridgehead atoms. The normalized spacial score (nSPS) is 20.1. The number of hydrogen-bond acceptors (Lipinski definition) is 5. The Balaban J connectivity index is 1.33. The maximum Gasteiger partial charge on any atom is 0.237 e. The summed E-state index contributed by atoms with van der Waals surface area (Å²) < 4.78 is 19.4. The number of ether oxygens (including phenoxy) is 1. The molecule has 0 radical (unpaired) electrons. The molecule has 2 aliphatic heterocycles. The van der Waals surface area contributed by atoms with Crippen LogP contribution in [0, 0.1) is 5.82 Å². The molecule has 0 spiro atoms. The molecule has 7 heteroatoms. The predicted octanol–water partition coefficient (Wildman–Crippen LogP) is 3.23. The molecule has 0 saturated carbocycles. The van der Waals surface area contributed by atoms with Gasteiger partial charge >= 0.3 is 0 Å². The Morgan fingerprint density at radius 3 is 2.48 bits per heavy atom. The fraction of sp³-hybridized carbons (Fsp3) is 0.409. The predicted molar refractivity (Wildman–Crippen MR) is 115 cm³/mol. The number of nitrogens with zero attached hydrogens (tertiary/aromatic N) is 3. The van der Waals surface area contributed by atoms with Gasteiger partial charge in [-0.05, 0) is 30.3 Å². The lowest BCUT2D eigenvalue weighted by Gasteiger charge is -2.36. The van der Waals surface area contributed by atoms with E-state index >= 15 is 0 Å². The van der Waals surface area contributed by atoms with Crippen molar-refractivity contribution >= 4 is 23.4 Å². The summed E-state index contributed by atoms with van der Waals surface area (Å²) in [7, 11) is 1.67. The Morgan fingerprint density at radius 2 is 1.79 bits per heavy atom. The largest absolute Gasteiger partial charge is 0.497 e. The highest BCUT2D eigenvalue weighted by molar-refractivity contribution is 7.99. The van der Waals surface area contributed by atoms with Gasteiger partial charge in [-0.1, -0.05) is 18.2 Å². The number of hydrogen-bond donors (Lipinski definition) is 0. The lowest BCUT2D eigenvalue weighted by molar-refractivity contribution is -0.132. The summed E-state index contributed by atoms with van der Waals surface area (Å²) in [6, 6.07) is 14.9. The first kappa shape index (κ1) is 20.0. The van der Waals surface area contributed by atoms with E-state index in [2.05, 4.69) is 21.9 Å². The van der Waals surface area contributed by atoms with Gasteiger partial charge in [0.25, 0.3) is 0 Å². The van der Waals surface area contributed by atoms with Crippen molar-refractivity contribution < 1.29 is 13.9 Å². The van der Waals surface area contributed by atoms with Crippen molar-refractivity contribution in [3.8, 4) is 5.75 Å². The third kappa shape index (κ3) is 4.51. The summed E-state index contributed by atoms with van der Waals surface area (Å²) in [6.45, 7) is 4.50. The standard InChI is InChI=1S/C22H26FN3O2S/c1-28-18-8-6-17(7-9-18)25-12-10-24(11-13-25)16-21(27)26-14-15-29-22(26)19-4-2-3-5-20(19)23/h2-9,22H,10-16H2,1H3/t22-/m0/s1. The molecule has 2 heterocycles. The molecule has 2 saturated heterocycles. The van der Waals surface area contributed by atoms with E-state index in [9.17, 15) is 9.18 Å². The third-order valence-electron chi connectivity index (χ3n) is 5.55. The molecule has 2 fully saturated rings. The second-order valence-corrected chi connectivity index (χ2v) is 8.48. The average molecular weight is 416 g/mol. The number of halogens is 1. The topological polar surface area (TPSA) is 36.0 Å². The molecule has 29 heavy (non-hydrogen) atoms. The van der Waals surface area contributed by atoms with Gasteiger partial charge in [0.1, 0.15) is 16.9 Å². The zero-order valence-electron chi connectivity index (χ0n) is 16.6. The molecular weight excluding hydrogens is 389 g/mol. The number of piperazine rings is 1. The van der Waals surface area contributed by atoms with Crippen molar-refractivity contribution in [2.75, 3.05) is 57.0 Å². The first-order valence-corrected chi connectivity index (χ1v) is 11.0. The van der Waals surface area contributed by atoms with Crippen molar-refractivity contribution in [2.24, 2.45) is 0 Å². The summed E-state index contributed by atoms with van der Waals surface area (Å²) in [6.07, 6.45) is 0. The minimum Gasteiger partial charge on any atom is -0.497 e. The van der Waals surface area contributed by atoms with E-state index in [1.165, 1.54) is 11.8 Å². The van der Waals surface area contributed by atoms with Gasteiger partial charge < -0.3 is 14.5 Å². The van der Waals surface area contributed by atoms with Crippen LogP contribution in [0.4, 0.5) is 10.1 Å². The highest BCUT2D eigenvalue weighted by Crippen LogP contribution is 2.39. The fourth-order valence-electron chi connectivity index (χ4n) is 3.90. The summed E-state index contributed by atoms with van der Waals surface area (Å²) in [5, 5.41) is -0.218. The van der Waals surface area contributed by atoms with Gasteiger partial charge in [0, 0.05) is 49.7 Å². The zero-order chi connectivity index (χ0) is 20.2. The minimum atomic E-state index is -0.238. The lowest BCUT2D eigenvalue weighted by Crippen LogP contribution is -2.50. The number of methoxy groups -OCH3 is 1. The van der Waals surface area contributed by atoms with Crippen molar-refractivity contribution in [1.82, 2.24) is 9.80 Å². The smallest absolute Gasteiger partial charge is 0.237 e. The number of carbonyl (C=O) groups excluding carboxylic acids is 1. The van der Waals surface area contributed by atoms with Crippen LogP contribution in [-0.4, -0.2) is 67.8 Å². The van der Waals surface area contributed by atoms with E-state index in [4.69, 9.17) is 4.74 Å². The number of anilines is 1. The minimum absolute atomic E-state index is 0.0844. The Morgan fingerprint density at radius 1 is 1.07 bits per heavy atom. The van der Waals surface area contributed by atoms with E-state index in [-0.39, 0.29) is 17.1 Å². The average Bonchev–Trinajstić information content (AvgIpc) is 3.24. The van der Waals surface area contributed by atoms with Gasteiger partial charge in [-0.3, -0.25) is 9.69 Å². The Kier molecular flexibility index (Phi) is 6.25. The van der Waals surface area contributed by atoms with Crippen LogP contribution in [0.2, 0.25) is 0 Å². The number of rotatable bonds is 5. The number of amides is 1. The van der Waals surface area contributed by atoms with Crippen molar-refractivity contribution in [1.29, 1.82) is 0 Å². The molecule has 2 aliphatic rings. The quantitative estimate of drug-likeness (QED) is 0.749. The molecule has 0 N–H and O–H groups in total. The van der Waals surface area contributed by atoms with E-state index in [1.54, 1.807) is 31.0 Å². The van der Waals surface area contributed by atoms with Crippen molar-refractivity contribution in [3.63, 3.8) is 0 Å². The second-order valence-electron chi connectivity index (χ2n) is 7.29. The Bertz CT molecular complexity index is 840. The van der Waals surface area contributed by atoms with Crippen LogP contribution in [0.5, 0.6) is 5.75 Å². The van der Waals surface area contributed by atoms with Crippen LogP contribution in [0.25, 0.3) is 0 Å². The summed E-state index contributed by atoms with van der Waals surface area (Å²) in [5.74, 6) is 1.54. The van der Waals surface area contributed by atoms with Crippen LogP contribution in [0.1, 0.15) is 10.9 Å². The highest BCUT2D eigenvalue weighted by Gasteiger charge is 2.33. The zero-order valence-corrected chi connectivity index (χ0v) is 17.4. The summed E-state index contributed by atoms with van der Waals surface area (Å²) in [5.41, 5.74) is 1.78. The summed E-state index contributed by atoms with van der Waals surface area (Å²) in [4.78, 5) is 19.3. The van der Waals surface area contributed by atoms with Gasteiger partial charge in [-0.2, -0.15) is 0 Å². The number of carbonyl (C=O) groups is 1. The Hall–Kier alpha value is -2.25. The summed E-state index contributed by atoms with van der Waals surface area (Å²) >= 11 is 1.64. The highest BCUT2D eigenvalue weighted by atomic mass is 32.2.